The zero-order valence-corrected chi connectivity index (χ0v) is 15.0. The minimum Gasteiger partial charge on any atom is -0.478 e. The van der Waals surface area contributed by atoms with Crippen molar-refractivity contribution in [3.8, 4) is 0 Å². The molecule has 0 fully saturated rings. The van der Waals surface area contributed by atoms with Crippen molar-refractivity contribution in [3.63, 3.8) is 0 Å². The van der Waals surface area contributed by atoms with Crippen molar-refractivity contribution in [1.29, 1.82) is 0 Å². The van der Waals surface area contributed by atoms with Crippen molar-refractivity contribution in [3.05, 3.63) is 47.5 Å². The van der Waals surface area contributed by atoms with E-state index in [2.05, 4.69) is 10.5 Å². The van der Waals surface area contributed by atoms with E-state index in [1.54, 1.807) is 19.1 Å². The van der Waals surface area contributed by atoms with Crippen LogP contribution in [0.15, 0.2) is 41.5 Å². The molecule has 0 bridgehead atoms. The number of aromatic carboxylic acids is 1. The zero-order valence-electron chi connectivity index (χ0n) is 15.0. The number of imide groups is 1. The van der Waals surface area contributed by atoms with Crippen LogP contribution < -0.4 is 5.43 Å². The van der Waals surface area contributed by atoms with Crippen LogP contribution in [0.25, 0.3) is 0 Å². The van der Waals surface area contributed by atoms with Crippen LogP contribution in [0, 0.1) is 0 Å². The summed E-state index contributed by atoms with van der Waals surface area (Å²) >= 11 is 0. The van der Waals surface area contributed by atoms with E-state index in [4.69, 9.17) is 5.11 Å². The maximum absolute atomic E-state index is 11.8. The van der Waals surface area contributed by atoms with Gasteiger partial charge in [0.1, 0.15) is 0 Å². The topological polar surface area (TPSA) is 116 Å². The Morgan fingerprint density at radius 1 is 1.00 bits per heavy atom. The number of hydrogen-bond donors (Lipinski definition) is 2. The molecule has 0 unspecified atom stereocenters. The molecule has 0 radical (unpaired) electrons. The number of amides is 3. The monoisotopic (exact) mass is 371 g/mol. The van der Waals surface area contributed by atoms with Gasteiger partial charge in [0.25, 0.3) is 11.8 Å². The van der Waals surface area contributed by atoms with Crippen LogP contribution in [0.3, 0.4) is 0 Å². The quantitative estimate of drug-likeness (QED) is 0.297. The third-order valence-corrected chi connectivity index (χ3v) is 4.08. The first-order chi connectivity index (χ1) is 12.9. The highest BCUT2D eigenvalue weighted by molar-refractivity contribution is 6.12. The van der Waals surface area contributed by atoms with Crippen LogP contribution in [-0.2, 0) is 14.4 Å². The molecule has 1 heterocycles. The molecule has 0 saturated carbocycles. The molecule has 0 aromatic heterocycles. The van der Waals surface area contributed by atoms with E-state index in [1.165, 1.54) is 29.2 Å². The van der Waals surface area contributed by atoms with Crippen LogP contribution >= 0.6 is 0 Å². The Kier molecular flexibility index (Phi) is 6.99. The number of hydrazone groups is 1. The average Bonchev–Trinajstić information content (AvgIpc) is 2.97. The maximum atomic E-state index is 11.8. The van der Waals surface area contributed by atoms with Crippen LogP contribution in [-0.4, -0.2) is 46.0 Å². The first-order valence-corrected chi connectivity index (χ1v) is 8.59. The molecule has 8 nitrogen and oxygen atoms in total. The van der Waals surface area contributed by atoms with Crippen LogP contribution in [0.2, 0.25) is 0 Å². The highest BCUT2D eigenvalue weighted by atomic mass is 16.4. The molecule has 1 aliphatic rings. The molecule has 27 heavy (non-hydrogen) atoms. The Morgan fingerprint density at radius 2 is 1.59 bits per heavy atom. The maximum Gasteiger partial charge on any atom is 0.335 e. The summed E-state index contributed by atoms with van der Waals surface area (Å²) in [7, 11) is 0. The Bertz CT molecular complexity index is 778. The summed E-state index contributed by atoms with van der Waals surface area (Å²) < 4.78 is 0. The first-order valence-electron chi connectivity index (χ1n) is 8.59. The standard InChI is InChI=1S/C19H21N3O5/c1-13(14-6-8-15(9-7-14)19(26)27)20-21-16(23)5-3-2-4-12-22-17(24)10-11-18(22)25/h6-11H,2-5,12H2,1H3,(H,21,23)(H,26,27)/b20-13+. The van der Waals surface area contributed by atoms with Gasteiger partial charge in [-0.2, -0.15) is 5.10 Å². The number of carboxylic acid groups (broad SMARTS) is 1. The van der Waals surface area contributed by atoms with E-state index in [9.17, 15) is 19.2 Å². The lowest BCUT2D eigenvalue weighted by atomic mass is 10.1. The molecule has 1 aliphatic heterocycles. The number of nitrogens with one attached hydrogen (secondary N) is 1. The summed E-state index contributed by atoms with van der Waals surface area (Å²) in [5, 5.41) is 12.9. The van der Waals surface area contributed by atoms with Crippen molar-refractivity contribution in [2.24, 2.45) is 5.10 Å². The number of carbonyl (C=O) groups is 4. The van der Waals surface area contributed by atoms with Gasteiger partial charge in [0.05, 0.1) is 11.3 Å². The third-order valence-electron chi connectivity index (χ3n) is 4.08. The number of carboxylic acids is 1. The molecular formula is C19H21N3O5. The summed E-state index contributed by atoms with van der Waals surface area (Å²) in [4.78, 5) is 46.6. The van der Waals surface area contributed by atoms with E-state index in [-0.39, 0.29) is 29.7 Å². The smallest absolute Gasteiger partial charge is 0.335 e. The van der Waals surface area contributed by atoms with Gasteiger partial charge in [-0.25, -0.2) is 10.2 Å². The van der Waals surface area contributed by atoms with Gasteiger partial charge in [-0.05, 0) is 37.5 Å². The molecule has 0 saturated heterocycles. The van der Waals surface area contributed by atoms with Gasteiger partial charge in [0, 0.05) is 25.1 Å². The second kappa shape index (κ2) is 9.42. The number of unbranched alkanes of at least 4 members (excludes halogenated alkanes) is 2. The SMILES string of the molecule is C/C(=N\NC(=O)CCCCCN1C(=O)C=CC1=O)c1ccc(C(=O)O)cc1. The van der Waals surface area contributed by atoms with Crippen molar-refractivity contribution in [2.45, 2.75) is 32.6 Å². The number of carbonyl (C=O) groups excluding carboxylic acids is 3. The fourth-order valence-electron chi connectivity index (χ4n) is 2.50. The molecule has 0 spiro atoms. The molecule has 142 valence electrons. The Hall–Kier alpha value is -3.29. The van der Waals surface area contributed by atoms with E-state index in [0.29, 0.717) is 37.1 Å². The van der Waals surface area contributed by atoms with Crippen molar-refractivity contribution in [1.82, 2.24) is 10.3 Å². The molecule has 2 N–H and O–H groups in total. The molecular weight excluding hydrogens is 350 g/mol. The van der Waals surface area contributed by atoms with E-state index < -0.39 is 5.97 Å². The van der Waals surface area contributed by atoms with E-state index >= 15 is 0 Å². The average molecular weight is 371 g/mol. The lowest BCUT2D eigenvalue weighted by Gasteiger charge is -2.12. The molecule has 1 aromatic rings. The molecule has 2 rings (SSSR count). The van der Waals surface area contributed by atoms with Crippen molar-refractivity contribution >= 4 is 29.4 Å². The summed E-state index contributed by atoms with van der Waals surface area (Å²) in [6.45, 7) is 2.07. The second-order valence-electron chi connectivity index (χ2n) is 6.09. The highest BCUT2D eigenvalue weighted by Crippen LogP contribution is 2.08. The van der Waals surface area contributed by atoms with Crippen molar-refractivity contribution in [2.75, 3.05) is 6.54 Å². The first kappa shape index (κ1) is 20.0. The number of rotatable bonds is 9. The fourth-order valence-corrected chi connectivity index (χ4v) is 2.50. The molecule has 0 atom stereocenters. The zero-order chi connectivity index (χ0) is 19.8. The van der Waals surface area contributed by atoms with Gasteiger partial charge < -0.3 is 5.11 Å². The third kappa shape index (κ3) is 5.88. The molecule has 3 amide bonds. The summed E-state index contributed by atoms with van der Waals surface area (Å²) in [5.74, 6) is -1.82. The minimum atomic E-state index is -1.00. The fraction of sp³-hybridized carbons (Fsp3) is 0.316. The number of nitrogens with zero attached hydrogens (tertiary/aromatic N) is 2. The highest BCUT2D eigenvalue weighted by Gasteiger charge is 2.22. The Labute approximate surface area is 156 Å². The number of hydrogen-bond acceptors (Lipinski definition) is 5. The van der Waals surface area contributed by atoms with E-state index in [0.717, 1.165) is 0 Å². The normalized spacial score (nSPS) is 14.0. The van der Waals surface area contributed by atoms with Crippen LogP contribution in [0.4, 0.5) is 0 Å². The summed E-state index contributed by atoms with van der Waals surface area (Å²) in [6.07, 6.45) is 4.78. The largest absolute Gasteiger partial charge is 0.478 e. The lowest BCUT2D eigenvalue weighted by Crippen LogP contribution is -2.30. The van der Waals surface area contributed by atoms with Gasteiger partial charge >= 0.3 is 5.97 Å². The predicted octanol–water partition coefficient (Wildman–Crippen LogP) is 1.71. The second-order valence-corrected chi connectivity index (χ2v) is 6.09. The van der Waals surface area contributed by atoms with Gasteiger partial charge in [0.15, 0.2) is 0 Å². The van der Waals surface area contributed by atoms with Crippen LogP contribution in [0.1, 0.15) is 48.5 Å². The Balaban J connectivity index is 1.67. The predicted molar refractivity (Wildman–Crippen MR) is 98.1 cm³/mol. The summed E-state index contributed by atoms with van der Waals surface area (Å²) in [5.41, 5.74) is 3.94. The molecule has 0 aliphatic carbocycles. The lowest BCUT2D eigenvalue weighted by molar-refractivity contribution is -0.137. The van der Waals surface area contributed by atoms with E-state index in [1.807, 2.05) is 0 Å². The van der Waals surface area contributed by atoms with Crippen molar-refractivity contribution < 1.29 is 24.3 Å². The van der Waals surface area contributed by atoms with Gasteiger partial charge in [-0.1, -0.05) is 18.6 Å². The van der Waals surface area contributed by atoms with Gasteiger partial charge in [-0.3, -0.25) is 19.3 Å². The number of benzene rings is 1. The molecule has 1 aromatic carbocycles. The van der Waals surface area contributed by atoms with Gasteiger partial charge in [0.2, 0.25) is 5.91 Å². The van der Waals surface area contributed by atoms with Gasteiger partial charge in [-0.15, -0.1) is 0 Å². The molecule has 8 heteroatoms. The Morgan fingerprint density at radius 3 is 2.19 bits per heavy atom. The van der Waals surface area contributed by atoms with Crippen LogP contribution in [0.5, 0.6) is 0 Å². The summed E-state index contributed by atoms with van der Waals surface area (Å²) in [6, 6.07) is 6.21. The minimum absolute atomic E-state index is 0.184.